The van der Waals surface area contributed by atoms with E-state index in [1.54, 1.807) is 0 Å². The SMILES string of the molecule is COC(=O)C(N)C1CCCN(CC(C)C)C1. The van der Waals surface area contributed by atoms with Crippen LogP contribution >= 0.6 is 0 Å². The van der Waals surface area contributed by atoms with Crippen LogP contribution in [-0.2, 0) is 9.53 Å². The van der Waals surface area contributed by atoms with Gasteiger partial charge in [-0.05, 0) is 31.2 Å². The van der Waals surface area contributed by atoms with Crippen molar-refractivity contribution in [2.75, 3.05) is 26.7 Å². The standard InChI is InChI=1S/C12H24N2O2/c1-9(2)7-14-6-4-5-10(8-14)11(13)12(15)16-3/h9-11H,4-8,13H2,1-3H3. The predicted octanol–water partition coefficient (Wildman–Crippen LogP) is 0.855. The quantitative estimate of drug-likeness (QED) is 0.725. The highest BCUT2D eigenvalue weighted by Gasteiger charge is 2.29. The summed E-state index contributed by atoms with van der Waals surface area (Å²) >= 11 is 0. The average Bonchev–Trinajstić information content (AvgIpc) is 2.26. The van der Waals surface area contributed by atoms with E-state index < -0.39 is 6.04 Å². The molecule has 94 valence electrons. The van der Waals surface area contributed by atoms with Crippen LogP contribution in [-0.4, -0.2) is 43.7 Å². The number of piperidine rings is 1. The molecule has 1 heterocycles. The van der Waals surface area contributed by atoms with Crippen LogP contribution in [0.2, 0.25) is 0 Å². The highest BCUT2D eigenvalue weighted by molar-refractivity contribution is 5.75. The van der Waals surface area contributed by atoms with E-state index in [1.165, 1.54) is 7.11 Å². The van der Waals surface area contributed by atoms with Crippen LogP contribution in [0.15, 0.2) is 0 Å². The first-order valence-corrected chi connectivity index (χ1v) is 6.10. The Morgan fingerprint density at radius 1 is 1.56 bits per heavy atom. The van der Waals surface area contributed by atoms with E-state index in [-0.39, 0.29) is 11.9 Å². The van der Waals surface area contributed by atoms with E-state index in [1.807, 2.05) is 0 Å². The molecule has 16 heavy (non-hydrogen) atoms. The molecule has 0 aromatic rings. The number of hydrogen-bond donors (Lipinski definition) is 1. The Bertz CT molecular complexity index is 231. The minimum Gasteiger partial charge on any atom is -0.468 e. The van der Waals surface area contributed by atoms with Gasteiger partial charge in [-0.15, -0.1) is 0 Å². The minimum absolute atomic E-state index is 0.250. The maximum Gasteiger partial charge on any atom is 0.322 e. The van der Waals surface area contributed by atoms with Gasteiger partial charge in [0.25, 0.3) is 0 Å². The molecule has 0 aromatic heterocycles. The zero-order valence-electron chi connectivity index (χ0n) is 10.6. The van der Waals surface area contributed by atoms with Crippen molar-refractivity contribution in [1.29, 1.82) is 0 Å². The summed E-state index contributed by atoms with van der Waals surface area (Å²) in [5.41, 5.74) is 5.89. The summed E-state index contributed by atoms with van der Waals surface area (Å²) in [6, 6.07) is -0.458. The van der Waals surface area contributed by atoms with Gasteiger partial charge in [-0.3, -0.25) is 4.79 Å². The lowest BCUT2D eigenvalue weighted by Gasteiger charge is -2.35. The van der Waals surface area contributed by atoms with E-state index in [4.69, 9.17) is 10.5 Å². The molecule has 4 nitrogen and oxygen atoms in total. The number of esters is 1. The summed E-state index contributed by atoms with van der Waals surface area (Å²) in [4.78, 5) is 13.8. The molecule has 1 aliphatic heterocycles. The largest absolute Gasteiger partial charge is 0.468 e. The maximum absolute atomic E-state index is 11.4. The number of rotatable bonds is 4. The first-order chi connectivity index (χ1) is 7.54. The van der Waals surface area contributed by atoms with Crippen LogP contribution in [0.4, 0.5) is 0 Å². The molecule has 2 unspecified atom stereocenters. The number of carbonyl (C=O) groups is 1. The maximum atomic E-state index is 11.4. The van der Waals surface area contributed by atoms with Gasteiger partial charge in [-0.2, -0.15) is 0 Å². The number of methoxy groups -OCH3 is 1. The Morgan fingerprint density at radius 2 is 2.25 bits per heavy atom. The van der Waals surface area contributed by atoms with Crippen LogP contribution in [0.1, 0.15) is 26.7 Å². The number of carbonyl (C=O) groups excluding carboxylic acids is 1. The number of nitrogens with zero attached hydrogens (tertiary/aromatic N) is 1. The molecule has 2 N–H and O–H groups in total. The normalized spacial score (nSPS) is 24.4. The first kappa shape index (κ1) is 13.5. The summed E-state index contributed by atoms with van der Waals surface area (Å²) in [6.45, 7) is 7.56. The second-order valence-electron chi connectivity index (χ2n) is 5.10. The molecule has 0 saturated carbocycles. The number of nitrogens with two attached hydrogens (primary N) is 1. The van der Waals surface area contributed by atoms with Gasteiger partial charge in [0, 0.05) is 13.1 Å². The third kappa shape index (κ3) is 3.76. The third-order valence-corrected chi connectivity index (χ3v) is 3.15. The fourth-order valence-corrected chi connectivity index (χ4v) is 2.40. The van der Waals surface area contributed by atoms with Crippen LogP contribution in [0.3, 0.4) is 0 Å². The Labute approximate surface area is 98.1 Å². The van der Waals surface area contributed by atoms with Gasteiger partial charge in [-0.1, -0.05) is 13.8 Å². The van der Waals surface area contributed by atoms with E-state index in [0.717, 1.165) is 32.5 Å². The predicted molar refractivity (Wildman–Crippen MR) is 64.0 cm³/mol. The van der Waals surface area contributed by atoms with Crippen LogP contribution < -0.4 is 5.73 Å². The van der Waals surface area contributed by atoms with Gasteiger partial charge in [0.05, 0.1) is 7.11 Å². The van der Waals surface area contributed by atoms with Crippen molar-refractivity contribution in [1.82, 2.24) is 4.90 Å². The van der Waals surface area contributed by atoms with Gasteiger partial charge in [-0.25, -0.2) is 0 Å². The van der Waals surface area contributed by atoms with Gasteiger partial charge < -0.3 is 15.4 Å². The molecule has 0 aromatic carbocycles. The molecule has 0 amide bonds. The van der Waals surface area contributed by atoms with E-state index in [9.17, 15) is 4.79 Å². The Hall–Kier alpha value is -0.610. The van der Waals surface area contributed by atoms with Crippen molar-refractivity contribution >= 4 is 5.97 Å². The molecule has 0 radical (unpaired) electrons. The summed E-state index contributed by atoms with van der Waals surface area (Å²) in [5.74, 6) is 0.629. The van der Waals surface area contributed by atoms with Gasteiger partial charge in [0.15, 0.2) is 0 Å². The molecule has 0 aliphatic carbocycles. The van der Waals surface area contributed by atoms with Gasteiger partial charge >= 0.3 is 5.97 Å². The summed E-state index contributed by atoms with van der Waals surface area (Å²) in [5, 5.41) is 0. The second-order valence-corrected chi connectivity index (χ2v) is 5.10. The van der Waals surface area contributed by atoms with E-state index in [2.05, 4.69) is 18.7 Å². The second kappa shape index (κ2) is 6.21. The number of ether oxygens (including phenoxy) is 1. The highest BCUT2D eigenvalue weighted by atomic mass is 16.5. The zero-order chi connectivity index (χ0) is 12.1. The van der Waals surface area contributed by atoms with E-state index >= 15 is 0 Å². The Kier molecular flexibility index (Phi) is 5.22. The molecule has 1 fully saturated rings. The fourth-order valence-electron chi connectivity index (χ4n) is 2.40. The Balaban J connectivity index is 2.46. The van der Waals surface area contributed by atoms with Crippen molar-refractivity contribution in [3.05, 3.63) is 0 Å². The fraction of sp³-hybridized carbons (Fsp3) is 0.917. The number of hydrogen-bond acceptors (Lipinski definition) is 4. The van der Waals surface area contributed by atoms with Crippen LogP contribution in [0, 0.1) is 11.8 Å². The topological polar surface area (TPSA) is 55.6 Å². The van der Waals surface area contributed by atoms with Crippen LogP contribution in [0.5, 0.6) is 0 Å². The average molecular weight is 228 g/mol. The third-order valence-electron chi connectivity index (χ3n) is 3.15. The molecule has 0 spiro atoms. The zero-order valence-corrected chi connectivity index (χ0v) is 10.6. The summed E-state index contributed by atoms with van der Waals surface area (Å²) < 4.78 is 4.70. The van der Waals surface area contributed by atoms with Gasteiger partial charge in [0.1, 0.15) is 6.04 Å². The molecule has 2 atom stereocenters. The molecule has 4 heteroatoms. The lowest BCUT2D eigenvalue weighted by molar-refractivity contribution is -0.144. The molecule has 1 aliphatic rings. The van der Waals surface area contributed by atoms with E-state index in [0.29, 0.717) is 5.92 Å². The first-order valence-electron chi connectivity index (χ1n) is 6.10. The molecule has 1 rings (SSSR count). The van der Waals surface area contributed by atoms with Crippen molar-refractivity contribution in [3.63, 3.8) is 0 Å². The minimum atomic E-state index is -0.458. The highest BCUT2D eigenvalue weighted by Crippen LogP contribution is 2.20. The monoisotopic (exact) mass is 228 g/mol. The lowest BCUT2D eigenvalue weighted by Crippen LogP contribution is -2.48. The van der Waals surface area contributed by atoms with Crippen molar-refractivity contribution < 1.29 is 9.53 Å². The molecule has 0 bridgehead atoms. The van der Waals surface area contributed by atoms with Crippen molar-refractivity contribution in [2.24, 2.45) is 17.6 Å². The smallest absolute Gasteiger partial charge is 0.322 e. The summed E-state index contributed by atoms with van der Waals surface area (Å²) in [7, 11) is 1.40. The molecular weight excluding hydrogens is 204 g/mol. The summed E-state index contributed by atoms with van der Waals surface area (Å²) in [6.07, 6.45) is 2.16. The molecular formula is C12H24N2O2. The molecule has 1 saturated heterocycles. The Morgan fingerprint density at radius 3 is 2.81 bits per heavy atom. The van der Waals surface area contributed by atoms with Crippen molar-refractivity contribution in [3.8, 4) is 0 Å². The van der Waals surface area contributed by atoms with Crippen molar-refractivity contribution in [2.45, 2.75) is 32.7 Å². The number of likely N-dealkylation sites (tertiary alicyclic amines) is 1. The lowest BCUT2D eigenvalue weighted by atomic mass is 9.90. The van der Waals surface area contributed by atoms with Gasteiger partial charge in [0.2, 0.25) is 0 Å². The van der Waals surface area contributed by atoms with Crippen LogP contribution in [0.25, 0.3) is 0 Å².